The first-order chi connectivity index (χ1) is 13.0. The van der Waals surface area contributed by atoms with E-state index in [1.165, 1.54) is 0 Å². The Morgan fingerprint density at radius 2 is 1.33 bits per heavy atom. The molecule has 0 heterocycles. The van der Waals surface area contributed by atoms with Gasteiger partial charge in [0.15, 0.2) is 0 Å². The second-order valence-corrected chi connectivity index (χ2v) is 6.34. The summed E-state index contributed by atoms with van der Waals surface area (Å²) < 4.78 is 0. The van der Waals surface area contributed by atoms with Gasteiger partial charge in [0.25, 0.3) is 5.91 Å². The van der Waals surface area contributed by atoms with Crippen molar-refractivity contribution >= 4 is 40.6 Å². The third-order valence-electron chi connectivity index (χ3n) is 3.92. The maximum absolute atomic E-state index is 12.6. The first kappa shape index (κ1) is 18.5. The lowest BCUT2D eigenvalue weighted by Gasteiger charge is -2.13. The lowest BCUT2D eigenvalue weighted by atomic mass is 10.1. The standard InChI is InChI=1S/C21H18ClN3O2/c1-14-6-2-4-8-18(14)24-21(27)25-19-9-5-3-7-17(19)20(26)23-16-12-10-15(22)11-13-16/h2-13H,1H3,(H,23,26)(H2,24,25,27). The largest absolute Gasteiger partial charge is 0.323 e. The Labute approximate surface area is 162 Å². The van der Waals surface area contributed by atoms with Gasteiger partial charge in [0.1, 0.15) is 0 Å². The Bertz CT molecular complexity index is 971. The molecule has 0 saturated heterocycles. The molecule has 3 rings (SSSR count). The summed E-state index contributed by atoms with van der Waals surface area (Å²) in [6.45, 7) is 1.91. The van der Waals surface area contributed by atoms with Crippen LogP contribution in [0.2, 0.25) is 5.02 Å². The molecule has 0 radical (unpaired) electrons. The summed E-state index contributed by atoms with van der Waals surface area (Å²) in [6, 6.07) is 20.7. The number of amides is 3. The third kappa shape index (κ3) is 4.86. The van der Waals surface area contributed by atoms with Gasteiger partial charge < -0.3 is 16.0 Å². The van der Waals surface area contributed by atoms with Gasteiger partial charge in [0, 0.05) is 16.4 Å². The zero-order valence-corrected chi connectivity index (χ0v) is 15.4. The quantitative estimate of drug-likeness (QED) is 0.556. The lowest BCUT2D eigenvalue weighted by molar-refractivity contribution is 0.102. The molecule has 3 N–H and O–H groups in total. The number of hydrogen-bond donors (Lipinski definition) is 3. The number of carbonyl (C=O) groups is 2. The van der Waals surface area contributed by atoms with Crippen molar-refractivity contribution in [3.05, 3.63) is 88.9 Å². The molecule has 0 fully saturated rings. The van der Waals surface area contributed by atoms with Gasteiger partial charge in [0.05, 0.1) is 11.3 Å². The van der Waals surface area contributed by atoms with Gasteiger partial charge in [-0.3, -0.25) is 4.79 Å². The molecule has 0 unspecified atom stereocenters. The number of benzene rings is 3. The van der Waals surface area contributed by atoms with Crippen molar-refractivity contribution in [3.8, 4) is 0 Å². The van der Waals surface area contributed by atoms with Crippen molar-refractivity contribution in [2.45, 2.75) is 6.92 Å². The van der Waals surface area contributed by atoms with Gasteiger partial charge in [-0.15, -0.1) is 0 Å². The number of aryl methyl sites for hydroxylation is 1. The Balaban J connectivity index is 1.73. The van der Waals surface area contributed by atoms with Crippen LogP contribution >= 0.6 is 11.6 Å². The van der Waals surface area contributed by atoms with Crippen LogP contribution in [0.1, 0.15) is 15.9 Å². The summed E-state index contributed by atoms with van der Waals surface area (Å²) in [7, 11) is 0. The fourth-order valence-corrected chi connectivity index (χ4v) is 2.64. The number of urea groups is 1. The van der Waals surface area contributed by atoms with Crippen LogP contribution in [0.5, 0.6) is 0 Å². The number of carbonyl (C=O) groups excluding carboxylic acids is 2. The summed E-state index contributed by atoms with van der Waals surface area (Å²) in [5.74, 6) is -0.330. The van der Waals surface area contributed by atoms with Crippen LogP contribution in [0.3, 0.4) is 0 Å². The van der Waals surface area contributed by atoms with Crippen molar-refractivity contribution < 1.29 is 9.59 Å². The maximum atomic E-state index is 12.6. The van der Waals surface area contributed by atoms with E-state index >= 15 is 0 Å². The molecule has 0 atom stereocenters. The summed E-state index contributed by atoms with van der Waals surface area (Å²) in [6.07, 6.45) is 0. The second-order valence-electron chi connectivity index (χ2n) is 5.90. The Hall–Kier alpha value is -3.31. The molecular weight excluding hydrogens is 362 g/mol. The number of para-hydroxylation sites is 2. The molecule has 0 bridgehead atoms. The van der Waals surface area contributed by atoms with E-state index < -0.39 is 6.03 Å². The van der Waals surface area contributed by atoms with E-state index in [4.69, 9.17) is 11.6 Å². The number of nitrogens with one attached hydrogen (secondary N) is 3. The van der Waals surface area contributed by atoms with Crippen molar-refractivity contribution in [1.29, 1.82) is 0 Å². The fourth-order valence-electron chi connectivity index (χ4n) is 2.51. The van der Waals surface area contributed by atoms with Gasteiger partial charge in [-0.2, -0.15) is 0 Å². The molecule has 3 aromatic rings. The monoisotopic (exact) mass is 379 g/mol. The normalized spacial score (nSPS) is 10.1. The number of rotatable bonds is 4. The molecule has 0 aromatic heterocycles. The summed E-state index contributed by atoms with van der Waals surface area (Å²) >= 11 is 5.86. The van der Waals surface area contributed by atoms with Crippen molar-refractivity contribution in [1.82, 2.24) is 0 Å². The highest BCUT2D eigenvalue weighted by Gasteiger charge is 2.14. The van der Waals surface area contributed by atoms with Gasteiger partial charge in [-0.25, -0.2) is 4.79 Å². The molecule has 3 amide bonds. The predicted octanol–water partition coefficient (Wildman–Crippen LogP) is 5.54. The molecule has 3 aromatic carbocycles. The first-order valence-electron chi connectivity index (χ1n) is 8.32. The van der Waals surface area contributed by atoms with E-state index in [0.717, 1.165) is 5.56 Å². The summed E-state index contributed by atoms with van der Waals surface area (Å²) in [5, 5.41) is 8.89. The van der Waals surface area contributed by atoms with Crippen LogP contribution in [-0.4, -0.2) is 11.9 Å². The molecule has 6 heteroatoms. The minimum atomic E-state index is -0.420. The zero-order chi connectivity index (χ0) is 19.2. The Kier molecular flexibility index (Phi) is 5.74. The average Bonchev–Trinajstić information content (AvgIpc) is 2.66. The van der Waals surface area contributed by atoms with Gasteiger partial charge in [-0.1, -0.05) is 41.9 Å². The maximum Gasteiger partial charge on any atom is 0.323 e. The van der Waals surface area contributed by atoms with Gasteiger partial charge in [-0.05, 0) is 55.0 Å². The molecule has 27 heavy (non-hydrogen) atoms. The molecule has 5 nitrogen and oxygen atoms in total. The van der Waals surface area contributed by atoms with Crippen LogP contribution in [0.15, 0.2) is 72.8 Å². The van der Waals surface area contributed by atoms with Crippen LogP contribution in [0, 0.1) is 6.92 Å². The molecule has 0 aliphatic rings. The molecule has 0 aliphatic carbocycles. The average molecular weight is 380 g/mol. The first-order valence-corrected chi connectivity index (χ1v) is 8.70. The number of anilines is 3. The minimum absolute atomic E-state index is 0.330. The third-order valence-corrected chi connectivity index (χ3v) is 4.17. The van der Waals surface area contributed by atoms with Crippen LogP contribution in [0.25, 0.3) is 0 Å². The van der Waals surface area contributed by atoms with Crippen molar-refractivity contribution in [2.75, 3.05) is 16.0 Å². The smallest absolute Gasteiger partial charge is 0.322 e. The van der Waals surface area contributed by atoms with E-state index in [0.29, 0.717) is 27.6 Å². The highest BCUT2D eigenvalue weighted by atomic mass is 35.5. The van der Waals surface area contributed by atoms with E-state index in [1.54, 1.807) is 48.5 Å². The molecule has 0 saturated carbocycles. The summed E-state index contributed by atoms with van der Waals surface area (Å²) in [5.41, 5.74) is 3.03. The fraction of sp³-hybridized carbons (Fsp3) is 0.0476. The zero-order valence-electron chi connectivity index (χ0n) is 14.6. The summed E-state index contributed by atoms with van der Waals surface area (Å²) in [4.78, 5) is 24.9. The lowest BCUT2D eigenvalue weighted by Crippen LogP contribution is -2.22. The van der Waals surface area contributed by atoms with Crippen LogP contribution < -0.4 is 16.0 Å². The minimum Gasteiger partial charge on any atom is -0.322 e. The number of halogens is 1. The van der Waals surface area contributed by atoms with Crippen molar-refractivity contribution in [2.24, 2.45) is 0 Å². The van der Waals surface area contributed by atoms with Crippen LogP contribution in [-0.2, 0) is 0 Å². The Morgan fingerprint density at radius 1 is 0.741 bits per heavy atom. The second kappa shape index (κ2) is 8.38. The van der Waals surface area contributed by atoms with E-state index in [1.807, 2.05) is 31.2 Å². The van der Waals surface area contributed by atoms with E-state index in [9.17, 15) is 9.59 Å². The van der Waals surface area contributed by atoms with Crippen molar-refractivity contribution in [3.63, 3.8) is 0 Å². The SMILES string of the molecule is Cc1ccccc1NC(=O)Nc1ccccc1C(=O)Nc1ccc(Cl)cc1. The number of hydrogen-bond acceptors (Lipinski definition) is 2. The highest BCUT2D eigenvalue weighted by Crippen LogP contribution is 2.20. The van der Waals surface area contributed by atoms with Crippen LogP contribution in [0.4, 0.5) is 21.9 Å². The topological polar surface area (TPSA) is 70.2 Å². The highest BCUT2D eigenvalue weighted by molar-refractivity contribution is 6.30. The predicted molar refractivity (Wildman–Crippen MR) is 110 cm³/mol. The van der Waals surface area contributed by atoms with Gasteiger partial charge >= 0.3 is 6.03 Å². The van der Waals surface area contributed by atoms with E-state index in [-0.39, 0.29) is 5.91 Å². The molecular formula is C21H18ClN3O2. The molecule has 0 aliphatic heterocycles. The molecule has 136 valence electrons. The Morgan fingerprint density at radius 3 is 2.04 bits per heavy atom. The van der Waals surface area contributed by atoms with E-state index in [2.05, 4.69) is 16.0 Å². The molecule has 0 spiro atoms. The van der Waals surface area contributed by atoms with Gasteiger partial charge in [0.2, 0.25) is 0 Å².